The van der Waals surface area contributed by atoms with Gasteiger partial charge in [0.2, 0.25) is 0 Å². The van der Waals surface area contributed by atoms with Gasteiger partial charge in [0, 0.05) is 16.5 Å². The maximum Gasteiger partial charge on any atom is 0.169 e. The van der Waals surface area contributed by atoms with E-state index in [1.807, 2.05) is 13.8 Å². The Hall–Kier alpha value is -1.53. The summed E-state index contributed by atoms with van der Waals surface area (Å²) in [6.07, 6.45) is 1.49. The van der Waals surface area contributed by atoms with Crippen molar-refractivity contribution < 1.29 is 14.2 Å². The Balaban J connectivity index is 2.33. The summed E-state index contributed by atoms with van der Waals surface area (Å²) in [5.74, 6) is 0.987. The standard InChI is InChI=1S/C14H14BrFN2O2/c1-8(2)14-17-6-13(12(7-19)18-14)20-11-4-9(15)3-10(16)5-11/h3-6,8,19H,7H2,1-2H3. The Morgan fingerprint density at radius 2 is 2.10 bits per heavy atom. The third-order valence-electron chi connectivity index (χ3n) is 2.58. The smallest absolute Gasteiger partial charge is 0.169 e. The lowest BCUT2D eigenvalue weighted by atomic mass is 10.2. The molecule has 0 fully saturated rings. The predicted octanol–water partition coefficient (Wildman–Crippen LogP) is 3.79. The van der Waals surface area contributed by atoms with Gasteiger partial charge in [0.05, 0.1) is 12.8 Å². The van der Waals surface area contributed by atoms with Crippen molar-refractivity contribution >= 4 is 15.9 Å². The molecule has 0 radical (unpaired) electrons. The number of benzene rings is 1. The van der Waals surface area contributed by atoms with E-state index in [1.54, 1.807) is 6.07 Å². The number of nitrogens with zero attached hydrogens (tertiary/aromatic N) is 2. The maximum absolute atomic E-state index is 13.3. The van der Waals surface area contributed by atoms with Gasteiger partial charge >= 0.3 is 0 Å². The molecular weight excluding hydrogens is 327 g/mol. The number of aliphatic hydroxyl groups is 1. The maximum atomic E-state index is 13.3. The third-order valence-corrected chi connectivity index (χ3v) is 3.04. The lowest BCUT2D eigenvalue weighted by molar-refractivity contribution is 0.269. The van der Waals surface area contributed by atoms with E-state index in [2.05, 4.69) is 25.9 Å². The molecule has 4 nitrogen and oxygen atoms in total. The number of halogens is 2. The summed E-state index contributed by atoms with van der Waals surface area (Å²) in [7, 11) is 0. The van der Waals surface area contributed by atoms with Gasteiger partial charge < -0.3 is 9.84 Å². The summed E-state index contributed by atoms with van der Waals surface area (Å²) >= 11 is 3.19. The van der Waals surface area contributed by atoms with Crippen LogP contribution in [0.3, 0.4) is 0 Å². The fraction of sp³-hybridized carbons (Fsp3) is 0.286. The van der Waals surface area contributed by atoms with Crippen LogP contribution in [0.2, 0.25) is 0 Å². The van der Waals surface area contributed by atoms with Gasteiger partial charge in [-0.25, -0.2) is 14.4 Å². The van der Waals surface area contributed by atoms with E-state index in [4.69, 9.17) is 4.74 Å². The first-order valence-corrected chi connectivity index (χ1v) is 6.89. The fourth-order valence-electron chi connectivity index (χ4n) is 1.61. The van der Waals surface area contributed by atoms with Crippen LogP contribution in [0.15, 0.2) is 28.9 Å². The van der Waals surface area contributed by atoms with Gasteiger partial charge in [-0.2, -0.15) is 0 Å². The van der Waals surface area contributed by atoms with Gasteiger partial charge in [0.1, 0.15) is 23.1 Å². The Labute approximate surface area is 124 Å². The van der Waals surface area contributed by atoms with Crippen molar-refractivity contribution in [2.75, 3.05) is 0 Å². The molecule has 2 aromatic rings. The van der Waals surface area contributed by atoms with Crippen molar-refractivity contribution in [3.05, 3.63) is 46.2 Å². The summed E-state index contributed by atoms with van der Waals surface area (Å²) in [6.45, 7) is 3.65. The molecule has 0 amide bonds. The second-order valence-corrected chi connectivity index (χ2v) is 5.47. The van der Waals surface area contributed by atoms with Crippen LogP contribution in [0.1, 0.15) is 31.3 Å². The molecular formula is C14H14BrFN2O2. The Kier molecular flexibility index (Phi) is 4.67. The van der Waals surface area contributed by atoms with Gasteiger partial charge in [-0.3, -0.25) is 0 Å². The van der Waals surface area contributed by atoms with Crippen LogP contribution >= 0.6 is 15.9 Å². The van der Waals surface area contributed by atoms with Crippen LogP contribution in [0.5, 0.6) is 11.5 Å². The average molecular weight is 341 g/mol. The van der Waals surface area contributed by atoms with E-state index in [-0.39, 0.29) is 12.5 Å². The first-order chi connectivity index (χ1) is 9.49. The molecule has 1 aromatic heterocycles. The van der Waals surface area contributed by atoms with Gasteiger partial charge in [-0.15, -0.1) is 0 Å². The second-order valence-electron chi connectivity index (χ2n) is 4.56. The molecule has 0 aliphatic heterocycles. The second kappa shape index (κ2) is 6.28. The van der Waals surface area contributed by atoms with Crippen molar-refractivity contribution in [2.45, 2.75) is 26.4 Å². The van der Waals surface area contributed by atoms with E-state index in [9.17, 15) is 9.50 Å². The van der Waals surface area contributed by atoms with Gasteiger partial charge in [-0.05, 0) is 12.1 Å². The van der Waals surface area contributed by atoms with Crippen molar-refractivity contribution in [2.24, 2.45) is 0 Å². The summed E-state index contributed by atoms with van der Waals surface area (Å²) in [4.78, 5) is 8.42. The molecule has 1 heterocycles. The van der Waals surface area contributed by atoms with Gasteiger partial charge in [0.25, 0.3) is 0 Å². The number of hydrogen-bond donors (Lipinski definition) is 1. The first kappa shape index (κ1) is 14.9. The number of hydrogen-bond acceptors (Lipinski definition) is 4. The Morgan fingerprint density at radius 1 is 1.35 bits per heavy atom. The summed E-state index contributed by atoms with van der Waals surface area (Å²) in [6, 6.07) is 4.21. The predicted molar refractivity (Wildman–Crippen MR) is 76.2 cm³/mol. The molecule has 0 saturated heterocycles. The van der Waals surface area contributed by atoms with Crippen LogP contribution in [0.25, 0.3) is 0 Å². The quantitative estimate of drug-likeness (QED) is 0.919. The molecule has 0 atom stereocenters. The fourth-order valence-corrected chi connectivity index (χ4v) is 2.06. The molecule has 0 spiro atoms. The zero-order valence-electron chi connectivity index (χ0n) is 11.1. The molecule has 0 aliphatic carbocycles. The normalized spacial score (nSPS) is 10.9. The van der Waals surface area contributed by atoms with Crippen LogP contribution in [-0.2, 0) is 6.61 Å². The lowest BCUT2D eigenvalue weighted by Crippen LogP contribution is -2.03. The number of aromatic nitrogens is 2. The number of aliphatic hydroxyl groups excluding tert-OH is 1. The van der Waals surface area contributed by atoms with Gasteiger partial charge in [-0.1, -0.05) is 29.8 Å². The van der Waals surface area contributed by atoms with Crippen molar-refractivity contribution in [3.8, 4) is 11.5 Å². The van der Waals surface area contributed by atoms with E-state index < -0.39 is 5.82 Å². The highest BCUT2D eigenvalue weighted by molar-refractivity contribution is 9.10. The number of rotatable bonds is 4. The minimum absolute atomic E-state index is 0.151. The SMILES string of the molecule is CC(C)c1ncc(Oc2cc(F)cc(Br)c2)c(CO)n1. The van der Waals surface area contributed by atoms with Crippen molar-refractivity contribution in [1.82, 2.24) is 9.97 Å². The number of ether oxygens (including phenoxy) is 1. The van der Waals surface area contributed by atoms with Crippen molar-refractivity contribution in [3.63, 3.8) is 0 Å². The largest absolute Gasteiger partial charge is 0.454 e. The third kappa shape index (κ3) is 3.52. The molecule has 20 heavy (non-hydrogen) atoms. The lowest BCUT2D eigenvalue weighted by Gasteiger charge is -2.11. The monoisotopic (exact) mass is 340 g/mol. The average Bonchev–Trinajstić information content (AvgIpc) is 2.37. The van der Waals surface area contributed by atoms with E-state index in [1.165, 1.54) is 18.3 Å². The molecule has 2 rings (SSSR count). The van der Waals surface area contributed by atoms with Gasteiger partial charge in [0.15, 0.2) is 5.75 Å². The van der Waals surface area contributed by atoms with Crippen LogP contribution < -0.4 is 4.74 Å². The minimum atomic E-state index is -0.417. The zero-order chi connectivity index (χ0) is 14.7. The van der Waals surface area contributed by atoms with E-state index in [0.29, 0.717) is 27.5 Å². The van der Waals surface area contributed by atoms with Crippen LogP contribution in [0, 0.1) is 5.82 Å². The molecule has 0 bridgehead atoms. The van der Waals surface area contributed by atoms with Crippen LogP contribution in [0.4, 0.5) is 4.39 Å². The van der Waals surface area contributed by atoms with Crippen molar-refractivity contribution in [1.29, 1.82) is 0 Å². The van der Waals surface area contributed by atoms with E-state index in [0.717, 1.165) is 0 Å². The molecule has 0 saturated carbocycles. The van der Waals surface area contributed by atoms with Crippen LogP contribution in [-0.4, -0.2) is 15.1 Å². The molecule has 1 N–H and O–H groups in total. The molecule has 1 aromatic carbocycles. The molecule has 106 valence electrons. The highest BCUT2D eigenvalue weighted by atomic mass is 79.9. The Morgan fingerprint density at radius 3 is 2.70 bits per heavy atom. The topological polar surface area (TPSA) is 55.2 Å². The first-order valence-electron chi connectivity index (χ1n) is 6.10. The highest BCUT2D eigenvalue weighted by Crippen LogP contribution is 2.28. The highest BCUT2D eigenvalue weighted by Gasteiger charge is 2.11. The molecule has 0 aliphatic rings. The Bertz CT molecular complexity index is 600. The molecule has 0 unspecified atom stereocenters. The molecule has 6 heteroatoms. The summed E-state index contributed by atoms with van der Waals surface area (Å²) in [5, 5.41) is 9.36. The minimum Gasteiger partial charge on any atom is -0.454 e. The zero-order valence-corrected chi connectivity index (χ0v) is 12.7. The summed E-state index contributed by atoms with van der Waals surface area (Å²) in [5.41, 5.74) is 0.379. The summed E-state index contributed by atoms with van der Waals surface area (Å²) < 4.78 is 19.4. The van der Waals surface area contributed by atoms with E-state index >= 15 is 0 Å².